The lowest BCUT2D eigenvalue weighted by Crippen LogP contribution is -2.45. The molecule has 0 bridgehead atoms. The van der Waals surface area contributed by atoms with Gasteiger partial charge < -0.3 is 19.8 Å². The Kier molecular flexibility index (Phi) is 4.40. The van der Waals surface area contributed by atoms with Gasteiger partial charge in [-0.1, -0.05) is 35.4 Å². The van der Waals surface area contributed by atoms with Crippen LogP contribution in [0.4, 0.5) is 6.01 Å². The van der Waals surface area contributed by atoms with Gasteiger partial charge in [-0.15, -0.1) is 5.10 Å². The first-order valence-electron chi connectivity index (χ1n) is 7.65. The zero-order valence-electron chi connectivity index (χ0n) is 13.0. The molecule has 1 aliphatic heterocycles. The largest absolute Gasteiger partial charge is 0.406 e. The van der Waals surface area contributed by atoms with Crippen molar-refractivity contribution in [1.29, 1.82) is 0 Å². The molecule has 0 unspecified atom stereocenters. The molecule has 6 nitrogen and oxygen atoms in total. The second-order valence-corrected chi connectivity index (χ2v) is 5.88. The number of hydrogen-bond donors (Lipinski definition) is 1. The van der Waals surface area contributed by atoms with Crippen molar-refractivity contribution in [2.45, 2.75) is 38.5 Å². The van der Waals surface area contributed by atoms with Gasteiger partial charge in [0.05, 0.1) is 18.2 Å². The van der Waals surface area contributed by atoms with Crippen molar-refractivity contribution in [3.8, 4) is 0 Å². The van der Waals surface area contributed by atoms with E-state index in [0.29, 0.717) is 18.3 Å². The maximum absolute atomic E-state index is 6.19. The van der Waals surface area contributed by atoms with Crippen LogP contribution < -0.4 is 10.6 Å². The van der Waals surface area contributed by atoms with E-state index in [4.69, 9.17) is 14.9 Å². The lowest BCUT2D eigenvalue weighted by molar-refractivity contribution is -0.00677. The molecular weight excluding hydrogens is 280 g/mol. The Balaban J connectivity index is 1.68. The summed E-state index contributed by atoms with van der Waals surface area (Å²) in [6.45, 7) is 5.59. The van der Waals surface area contributed by atoms with E-state index in [9.17, 15) is 0 Å². The number of benzene rings is 1. The first-order chi connectivity index (χ1) is 10.6. The van der Waals surface area contributed by atoms with Crippen LogP contribution in [0.3, 0.4) is 0 Å². The van der Waals surface area contributed by atoms with E-state index >= 15 is 0 Å². The van der Waals surface area contributed by atoms with Crippen LogP contribution >= 0.6 is 0 Å². The van der Waals surface area contributed by atoms with Crippen molar-refractivity contribution in [1.82, 2.24) is 10.2 Å². The van der Waals surface area contributed by atoms with Gasteiger partial charge in [-0.05, 0) is 25.8 Å². The number of rotatable bonds is 4. The van der Waals surface area contributed by atoms with E-state index in [2.05, 4.69) is 15.1 Å². The maximum atomic E-state index is 6.19. The highest BCUT2D eigenvalue weighted by atomic mass is 16.5. The monoisotopic (exact) mass is 302 g/mol. The fraction of sp³-hybridized carbons (Fsp3) is 0.500. The van der Waals surface area contributed by atoms with Crippen LogP contribution in [-0.2, 0) is 11.2 Å². The van der Waals surface area contributed by atoms with E-state index in [-0.39, 0.29) is 18.2 Å². The lowest BCUT2D eigenvalue weighted by atomic mass is 10.1. The molecule has 1 saturated heterocycles. The molecule has 2 N–H and O–H groups in total. The zero-order chi connectivity index (χ0) is 15.5. The number of nitrogens with two attached hydrogens (primary N) is 1. The van der Waals surface area contributed by atoms with Gasteiger partial charge in [0.25, 0.3) is 0 Å². The number of nitrogens with zero attached hydrogens (tertiary/aromatic N) is 3. The Morgan fingerprint density at radius 3 is 2.55 bits per heavy atom. The molecule has 1 aromatic carbocycles. The molecule has 1 aromatic heterocycles. The molecule has 2 aromatic rings. The van der Waals surface area contributed by atoms with Crippen molar-refractivity contribution >= 4 is 6.01 Å². The standard InChI is InChI=1S/C16H22N4O2/c1-11-9-20(10-12(2)21-11)16-19-18-15(22-16)14(17)8-13-6-4-3-5-7-13/h3-7,11-12,14H,8-10,17H2,1-2H3/t11-,12+,14-/m1/s1. The molecule has 0 saturated carbocycles. The fourth-order valence-electron chi connectivity index (χ4n) is 2.79. The summed E-state index contributed by atoms with van der Waals surface area (Å²) in [4.78, 5) is 2.06. The summed E-state index contributed by atoms with van der Waals surface area (Å²) in [7, 11) is 0. The van der Waals surface area contributed by atoms with Crippen molar-refractivity contribution in [3.63, 3.8) is 0 Å². The first-order valence-corrected chi connectivity index (χ1v) is 7.65. The molecular formula is C16H22N4O2. The average molecular weight is 302 g/mol. The SMILES string of the molecule is C[C@@H]1CN(c2nnc([C@H](N)Cc3ccccc3)o2)C[C@H](C)O1. The maximum Gasteiger partial charge on any atom is 0.318 e. The van der Waals surface area contributed by atoms with E-state index in [1.165, 1.54) is 0 Å². The minimum absolute atomic E-state index is 0.150. The second kappa shape index (κ2) is 6.46. The Hall–Kier alpha value is -1.92. The molecule has 2 heterocycles. The Bertz CT molecular complexity index is 591. The van der Waals surface area contributed by atoms with E-state index < -0.39 is 0 Å². The van der Waals surface area contributed by atoms with Gasteiger partial charge in [0.15, 0.2) is 0 Å². The van der Waals surface area contributed by atoms with Crippen LogP contribution in [0.2, 0.25) is 0 Å². The Labute approximate surface area is 130 Å². The smallest absolute Gasteiger partial charge is 0.318 e. The van der Waals surface area contributed by atoms with Gasteiger partial charge in [-0.25, -0.2) is 0 Å². The Morgan fingerprint density at radius 1 is 1.18 bits per heavy atom. The average Bonchev–Trinajstić information content (AvgIpc) is 2.97. The normalized spacial score (nSPS) is 23.5. The number of hydrogen-bond acceptors (Lipinski definition) is 6. The van der Waals surface area contributed by atoms with Crippen molar-refractivity contribution in [3.05, 3.63) is 41.8 Å². The quantitative estimate of drug-likeness (QED) is 0.930. The lowest BCUT2D eigenvalue weighted by Gasteiger charge is -2.33. The summed E-state index contributed by atoms with van der Waals surface area (Å²) in [5.41, 5.74) is 7.34. The predicted octanol–water partition coefficient (Wildman–Crippen LogP) is 1.93. The minimum Gasteiger partial charge on any atom is -0.406 e. The summed E-state index contributed by atoms with van der Waals surface area (Å²) in [6.07, 6.45) is 0.979. The topological polar surface area (TPSA) is 77.4 Å². The molecule has 0 aliphatic carbocycles. The highest BCUT2D eigenvalue weighted by Crippen LogP contribution is 2.22. The molecule has 1 fully saturated rings. The molecule has 3 rings (SSSR count). The van der Waals surface area contributed by atoms with E-state index in [1.54, 1.807) is 0 Å². The van der Waals surface area contributed by atoms with Crippen molar-refractivity contribution in [2.75, 3.05) is 18.0 Å². The van der Waals surface area contributed by atoms with Crippen LogP contribution in [0, 0.1) is 0 Å². The second-order valence-electron chi connectivity index (χ2n) is 5.88. The predicted molar refractivity (Wildman–Crippen MR) is 83.6 cm³/mol. The molecule has 22 heavy (non-hydrogen) atoms. The third-order valence-corrected chi connectivity index (χ3v) is 3.74. The molecule has 118 valence electrons. The summed E-state index contributed by atoms with van der Waals surface area (Å²) in [5.74, 6) is 0.477. The van der Waals surface area contributed by atoms with Gasteiger partial charge in [0.2, 0.25) is 5.89 Å². The number of ether oxygens (including phenoxy) is 1. The Morgan fingerprint density at radius 2 is 1.86 bits per heavy atom. The van der Waals surface area contributed by atoms with Crippen LogP contribution in [0.5, 0.6) is 0 Å². The van der Waals surface area contributed by atoms with Gasteiger partial charge in [0, 0.05) is 13.1 Å². The number of morpholine rings is 1. The summed E-state index contributed by atoms with van der Waals surface area (Å²) in [6, 6.07) is 10.3. The molecule has 6 heteroatoms. The summed E-state index contributed by atoms with van der Waals surface area (Å²) in [5, 5.41) is 8.26. The fourth-order valence-corrected chi connectivity index (χ4v) is 2.79. The van der Waals surface area contributed by atoms with Gasteiger partial charge in [0.1, 0.15) is 0 Å². The molecule has 0 radical (unpaired) electrons. The van der Waals surface area contributed by atoms with Gasteiger partial charge in [-0.3, -0.25) is 0 Å². The van der Waals surface area contributed by atoms with Crippen LogP contribution in [0.25, 0.3) is 0 Å². The van der Waals surface area contributed by atoms with Crippen LogP contribution in [0.1, 0.15) is 31.3 Å². The molecule has 0 amide bonds. The first kappa shape index (κ1) is 15.0. The highest BCUT2D eigenvalue weighted by molar-refractivity contribution is 5.26. The van der Waals surface area contributed by atoms with E-state index in [1.807, 2.05) is 44.2 Å². The van der Waals surface area contributed by atoms with Crippen molar-refractivity contribution in [2.24, 2.45) is 5.73 Å². The van der Waals surface area contributed by atoms with Crippen LogP contribution in [-0.4, -0.2) is 35.5 Å². The highest BCUT2D eigenvalue weighted by Gasteiger charge is 2.26. The number of aromatic nitrogens is 2. The third kappa shape index (κ3) is 3.45. The minimum atomic E-state index is -0.292. The third-order valence-electron chi connectivity index (χ3n) is 3.74. The van der Waals surface area contributed by atoms with Crippen LogP contribution in [0.15, 0.2) is 34.7 Å². The molecule has 3 atom stereocenters. The number of anilines is 1. The zero-order valence-corrected chi connectivity index (χ0v) is 13.0. The van der Waals surface area contributed by atoms with Gasteiger partial charge in [-0.2, -0.15) is 0 Å². The molecule has 0 spiro atoms. The van der Waals surface area contributed by atoms with Gasteiger partial charge >= 0.3 is 6.01 Å². The summed E-state index contributed by atoms with van der Waals surface area (Å²) >= 11 is 0. The molecule has 1 aliphatic rings. The summed E-state index contributed by atoms with van der Waals surface area (Å²) < 4.78 is 11.5. The van der Waals surface area contributed by atoms with E-state index in [0.717, 1.165) is 18.7 Å². The van der Waals surface area contributed by atoms with Crippen molar-refractivity contribution < 1.29 is 9.15 Å².